The summed E-state index contributed by atoms with van der Waals surface area (Å²) in [5.41, 5.74) is 3.08. The van der Waals surface area contributed by atoms with Gasteiger partial charge in [0.1, 0.15) is 0 Å². The lowest BCUT2D eigenvalue weighted by Crippen LogP contribution is -2.39. The maximum atomic E-state index is 12.7. The van der Waals surface area contributed by atoms with Crippen LogP contribution in [0.25, 0.3) is 0 Å². The van der Waals surface area contributed by atoms with E-state index in [2.05, 4.69) is 20.2 Å². The van der Waals surface area contributed by atoms with Crippen LogP contribution in [0, 0.1) is 19.8 Å². The number of carbonyl (C=O) groups excluding carboxylic acids is 2. The number of nitrogens with one attached hydrogen (secondary N) is 1. The highest BCUT2D eigenvalue weighted by Gasteiger charge is 2.26. The summed E-state index contributed by atoms with van der Waals surface area (Å²) in [4.78, 5) is 35.8. The highest BCUT2D eigenvalue weighted by Crippen LogP contribution is 2.23. The number of aryl methyl sites for hydroxylation is 2. The predicted octanol–water partition coefficient (Wildman–Crippen LogP) is 3.91. The molecule has 0 aliphatic carbocycles. The summed E-state index contributed by atoms with van der Waals surface area (Å²) in [5.74, 6) is 0.371. The van der Waals surface area contributed by atoms with Crippen LogP contribution < -0.4 is 10.2 Å². The quantitative estimate of drug-likeness (QED) is 0.550. The SMILES string of the molecule is CCCCOC(=O)c1ccc(NC(=O)C2CCN(c3nc(C)cc(C)n3)CC2)cc1. The minimum Gasteiger partial charge on any atom is -0.462 e. The van der Waals surface area contributed by atoms with E-state index in [9.17, 15) is 9.59 Å². The molecule has 2 aromatic rings. The van der Waals surface area contributed by atoms with E-state index in [1.807, 2.05) is 26.8 Å². The number of piperidine rings is 1. The second kappa shape index (κ2) is 10.2. The van der Waals surface area contributed by atoms with Crippen molar-refractivity contribution in [3.8, 4) is 0 Å². The Hall–Kier alpha value is -2.96. The molecule has 3 rings (SSSR count). The van der Waals surface area contributed by atoms with Crippen LogP contribution in [-0.4, -0.2) is 41.5 Å². The number of amides is 1. The average molecular weight is 411 g/mol. The van der Waals surface area contributed by atoms with Gasteiger partial charge in [0, 0.05) is 36.1 Å². The zero-order chi connectivity index (χ0) is 21.5. The van der Waals surface area contributed by atoms with Crippen LogP contribution in [0.15, 0.2) is 30.3 Å². The van der Waals surface area contributed by atoms with Crippen molar-refractivity contribution >= 4 is 23.5 Å². The first-order valence-corrected chi connectivity index (χ1v) is 10.6. The van der Waals surface area contributed by atoms with Gasteiger partial charge in [-0.05, 0) is 63.4 Å². The maximum absolute atomic E-state index is 12.7. The van der Waals surface area contributed by atoms with Gasteiger partial charge in [0.15, 0.2) is 0 Å². The number of aromatic nitrogens is 2. The Bertz CT molecular complexity index is 854. The number of benzene rings is 1. The molecule has 0 unspecified atom stereocenters. The maximum Gasteiger partial charge on any atom is 0.338 e. The molecule has 7 heteroatoms. The van der Waals surface area contributed by atoms with Crippen molar-refractivity contribution in [2.45, 2.75) is 46.5 Å². The van der Waals surface area contributed by atoms with Crippen molar-refractivity contribution in [1.29, 1.82) is 0 Å². The Morgan fingerprint density at radius 2 is 1.73 bits per heavy atom. The number of rotatable bonds is 7. The van der Waals surface area contributed by atoms with Crippen LogP contribution in [0.3, 0.4) is 0 Å². The van der Waals surface area contributed by atoms with Crippen molar-refractivity contribution in [3.63, 3.8) is 0 Å². The van der Waals surface area contributed by atoms with Gasteiger partial charge in [-0.2, -0.15) is 0 Å². The van der Waals surface area contributed by atoms with E-state index in [1.54, 1.807) is 24.3 Å². The predicted molar refractivity (Wildman–Crippen MR) is 117 cm³/mol. The van der Waals surface area contributed by atoms with Gasteiger partial charge in [0.2, 0.25) is 11.9 Å². The molecule has 2 heterocycles. The fourth-order valence-electron chi connectivity index (χ4n) is 3.52. The lowest BCUT2D eigenvalue weighted by molar-refractivity contribution is -0.120. The minimum absolute atomic E-state index is 0.00858. The minimum atomic E-state index is -0.331. The van der Waals surface area contributed by atoms with Gasteiger partial charge in [-0.3, -0.25) is 4.79 Å². The number of ether oxygens (including phenoxy) is 1. The van der Waals surface area contributed by atoms with Gasteiger partial charge in [-0.25, -0.2) is 14.8 Å². The van der Waals surface area contributed by atoms with Crippen LogP contribution in [0.4, 0.5) is 11.6 Å². The molecule has 1 N–H and O–H groups in total. The van der Waals surface area contributed by atoms with Crippen LogP contribution in [0.2, 0.25) is 0 Å². The lowest BCUT2D eigenvalue weighted by atomic mass is 9.96. The van der Waals surface area contributed by atoms with E-state index in [1.165, 1.54) is 0 Å². The average Bonchev–Trinajstić information content (AvgIpc) is 2.74. The van der Waals surface area contributed by atoms with E-state index < -0.39 is 0 Å². The highest BCUT2D eigenvalue weighted by atomic mass is 16.5. The van der Waals surface area contributed by atoms with Gasteiger partial charge in [-0.1, -0.05) is 13.3 Å². The third-order valence-corrected chi connectivity index (χ3v) is 5.24. The first kappa shape index (κ1) is 21.7. The lowest BCUT2D eigenvalue weighted by Gasteiger charge is -2.31. The Kier molecular flexibility index (Phi) is 7.38. The molecule has 30 heavy (non-hydrogen) atoms. The van der Waals surface area contributed by atoms with Crippen LogP contribution in [0.1, 0.15) is 54.4 Å². The molecule has 1 fully saturated rings. The zero-order valence-corrected chi connectivity index (χ0v) is 18.0. The Labute approximate surface area is 177 Å². The molecular weight excluding hydrogens is 380 g/mol. The summed E-state index contributed by atoms with van der Waals surface area (Å²) in [7, 11) is 0. The largest absolute Gasteiger partial charge is 0.462 e. The molecule has 0 bridgehead atoms. The molecule has 1 aliphatic rings. The summed E-state index contributed by atoms with van der Waals surface area (Å²) in [5, 5.41) is 2.96. The van der Waals surface area contributed by atoms with Gasteiger partial charge < -0.3 is 15.0 Å². The van der Waals surface area contributed by atoms with Crippen LogP contribution >= 0.6 is 0 Å². The second-order valence-corrected chi connectivity index (χ2v) is 7.77. The number of carbonyl (C=O) groups is 2. The Balaban J connectivity index is 1.50. The molecule has 1 aliphatic heterocycles. The Morgan fingerprint density at radius 1 is 1.10 bits per heavy atom. The molecule has 1 saturated heterocycles. The third kappa shape index (κ3) is 5.78. The fourth-order valence-corrected chi connectivity index (χ4v) is 3.52. The molecule has 0 saturated carbocycles. The molecule has 0 radical (unpaired) electrons. The molecule has 160 valence electrons. The normalized spacial score (nSPS) is 14.4. The van der Waals surface area contributed by atoms with E-state index in [-0.39, 0.29) is 17.8 Å². The standard InChI is InChI=1S/C23H30N4O3/c1-4-5-14-30-22(29)19-6-8-20(9-7-19)26-21(28)18-10-12-27(13-11-18)23-24-16(2)15-17(3)25-23/h6-9,15,18H,4-5,10-14H2,1-3H3,(H,26,28). The summed E-state index contributed by atoms with van der Waals surface area (Å²) in [6.45, 7) is 7.92. The van der Waals surface area contributed by atoms with Gasteiger partial charge in [0.25, 0.3) is 0 Å². The molecule has 7 nitrogen and oxygen atoms in total. The van der Waals surface area contributed by atoms with Crippen molar-refractivity contribution in [2.24, 2.45) is 5.92 Å². The van der Waals surface area contributed by atoms with Gasteiger partial charge in [-0.15, -0.1) is 0 Å². The molecule has 1 amide bonds. The van der Waals surface area contributed by atoms with Crippen molar-refractivity contribution in [1.82, 2.24) is 9.97 Å². The molecule has 0 atom stereocenters. The summed E-state index contributed by atoms with van der Waals surface area (Å²) < 4.78 is 5.20. The van der Waals surface area contributed by atoms with Crippen molar-refractivity contribution in [3.05, 3.63) is 47.3 Å². The molecular formula is C23H30N4O3. The first-order chi connectivity index (χ1) is 14.5. The van der Waals surface area contributed by atoms with E-state index in [0.717, 1.165) is 56.1 Å². The van der Waals surface area contributed by atoms with Gasteiger partial charge in [0.05, 0.1) is 12.2 Å². The summed E-state index contributed by atoms with van der Waals surface area (Å²) in [6.07, 6.45) is 3.34. The first-order valence-electron chi connectivity index (χ1n) is 10.6. The van der Waals surface area contributed by atoms with E-state index in [4.69, 9.17) is 4.74 Å². The topological polar surface area (TPSA) is 84.4 Å². The van der Waals surface area contributed by atoms with Crippen LogP contribution in [0.5, 0.6) is 0 Å². The van der Waals surface area contributed by atoms with E-state index in [0.29, 0.717) is 17.9 Å². The van der Waals surface area contributed by atoms with Crippen molar-refractivity contribution in [2.75, 3.05) is 29.9 Å². The number of esters is 1. The number of unbranched alkanes of at least 4 members (excludes halogenated alkanes) is 1. The number of nitrogens with zero attached hydrogens (tertiary/aromatic N) is 3. The molecule has 0 spiro atoms. The number of anilines is 2. The fraction of sp³-hybridized carbons (Fsp3) is 0.478. The number of hydrogen-bond acceptors (Lipinski definition) is 6. The second-order valence-electron chi connectivity index (χ2n) is 7.77. The van der Waals surface area contributed by atoms with E-state index >= 15 is 0 Å². The summed E-state index contributed by atoms with van der Waals surface area (Å²) >= 11 is 0. The number of hydrogen-bond donors (Lipinski definition) is 1. The van der Waals surface area contributed by atoms with Crippen LogP contribution in [-0.2, 0) is 9.53 Å². The van der Waals surface area contributed by atoms with Gasteiger partial charge >= 0.3 is 5.97 Å². The summed E-state index contributed by atoms with van der Waals surface area (Å²) in [6, 6.07) is 8.81. The molecule has 1 aromatic carbocycles. The Morgan fingerprint density at radius 3 is 2.33 bits per heavy atom. The monoisotopic (exact) mass is 410 g/mol. The molecule has 1 aromatic heterocycles. The zero-order valence-electron chi connectivity index (χ0n) is 18.0. The van der Waals surface area contributed by atoms with Crippen molar-refractivity contribution < 1.29 is 14.3 Å². The smallest absolute Gasteiger partial charge is 0.338 e. The third-order valence-electron chi connectivity index (χ3n) is 5.24. The highest BCUT2D eigenvalue weighted by molar-refractivity contribution is 5.94.